The number of phenols is 1. The molecule has 0 bridgehead atoms. The van der Waals surface area contributed by atoms with Crippen molar-refractivity contribution in [2.45, 2.75) is 30.7 Å². The Labute approximate surface area is 237 Å². The number of sulfonamides is 1. The molecule has 11 nitrogen and oxygen atoms in total. The zero-order valence-electron chi connectivity index (χ0n) is 22.3. The fourth-order valence-electron chi connectivity index (χ4n) is 5.56. The lowest BCUT2D eigenvalue weighted by Gasteiger charge is -2.37. The van der Waals surface area contributed by atoms with E-state index in [0.717, 1.165) is 40.6 Å². The van der Waals surface area contributed by atoms with Gasteiger partial charge in [-0.15, -0.1) is 0 Å². The second-order valence-corrected chi connectivity index (χ2v) is 12.4. The zero-order valence-corrected chi connectivity index (χ0v) is 23.9. The Kier molecular flexibility index (Phi) is 6.88. The number of phenolic OH excluding ortho intramolecular Hbond substituents is 1. The van der Waals surface area contributed by atoms with Gasteiger partial charge < -0.3 is 29.9 Å². The first kappa shape index (κ1) is 26.5. The molecule has 0 saturated carbocycles. The minimum atomic E-state index is -3.49. The van der Waals surface area contributed by atoms with Crippen molar-refractivity contribution < 1.29 is 18.3 Å². The fourth-order valence-corrected chi connectivity index (χ4v) is 7.56. The third kappa shape index (κ3) is 4.67. The quantitative estimate of drug-likeness (QED) is 0.301. The number of methoxy groups -OCH3 is 1. The number of benzene rings is 2. The number of nitrogens with one attached hydrogen (secondary N) is 2. The highest BCUT2D eigenvalue weighted by molar-refractivity contribution is 7.89. The Morgan fingerprint density at radius 2 is 1.88 bits per heavy atom. The third-order valence-electron chi connectivity index (χ3n) is 7.74. The van der Waals surface area contributed by atoms with Crippen LogP contribution in [0.5, 0.6) is 11.5 Å². The summed E-state index contributed by atoms with van der Waals surface area (Å²) in [6, 6.07) is 10.3. The van der Waals surface area contributed by atoms with Gasteiger partial charge in [0.15, 0.2) is 16.6 Å². The van der Waals surface area contributed by atoms with Crippen molar-refractivity contribution >= 4 is 60.8 Å². The molecule has 2 aliphatic heterocycles. The number of nitrogens with zero attached hydrogens (tertiary/aromatic N) is 5. The van der Waals surface area contributed by atoms with E-state index in [2.05, 4.69) is 30.1 Å². The summed E-state index contributed by atoms with van der Waals surface area (Å²) in [6.45, 7) is 5.28. The van der Waals surface area contributed by atoms with Gasteiger partial charge in [-0.25, -0.2) is 18.4 Å². The van der Waals surface area contributed by atoms with E-state index in [1.165, 1.54) is 13.4 Å². The molecule has 2 saturated heterocycles. The van der Waals surface area contributed by atoms with Gasteiger partial charge >= 0.3 is 0 Å². The molecule has 3 N–H and O–H groups in total. The van der Waals surface area contributed by atoms with Gasteiger partial charge in [-0.3, -0.25) is 0 Å². The minimum absolute atomic E-state index is 0.0275. The lowest BCUT2D eigenvalue weighted by Crippen LogP contribution is -2.50. The van der Waals surface area contributed by atoms with Crippen LogP contribution in [0.3, 0.4) is 0 Å². The van der Waals surface area contributed by atoms with Gasteiger partial charge in [0, 0.05) is 55.9 Å². The van der Waals surface area contributed by atoms with Gasteiger partial charge in [-0.05, 0) is 62.3 Å². The normalized spacial score (nSPS) is 18.5. The first-order valence-electron chi connectivity index (χ1n) is 13.2. The summed E-state index contributed by atoms with van der Waals surface area (Å²) in [6.07, 6.45) is 3.32. The SMILES string of the molecule is COc1cc2c(cc1O)[nH]c1ncnc(N3CCN(C(=S)Nc4ccc(S(=O)(=O)N5CCCC5C)cc4)CC3)c12. The molecule has 210 valence electrons. The van der Waals surface area contributed by atoms with Gasteiger partial charge in [0.2, 0.25) is 10.0 Å². The van der Waals surface area contributed by atoms with E-state index >= 15 is 0 Å². The van der Waals surface area contributed by atoms with E-state index in [1.807, 2.05) is 6.92 Å². The molecule has 1 atom stereocenters. The second-order valence-electron chi connectivity index (χ2n) is 10.2. The first-order chi connectivity index (χ1) is 19.3. The van der Waals surface area contributed by atoms with E-state index in [9.17, 15) is 13.5 Å². The number of thiocarbonyl (C=S) groups is 1. The Bertz CT molecular complexity index is 1680. The van der Waals surface area contributed by atoms with Crippen LogP contribution in [0.2, 0.25) is 0 Å². The van der Waals surface area contributed by atoms with Gasteiger partial charge in [-0.1, -0.05) is 0 Å². The van der Waals surface area contributed by atoms with Gasteiger partial charge in [0.05, 0.1) is 22.9 Å². The van der Waals surface area contributed by atoms with Crippen molar-refractivity contribution in [3.63, 3.8) is 0 Å². The molecule has 0 radical (unpaired) electrons. The highest BCUT2D eigenvalue weighted by atomic mass is 32.2. The van der Waals surface area contributed by atoms with Crippen molar-refractivity contribution in [1.82, 2.24) is 24.2 Å². The van der Waals surface area contributed by atoms with Gasteiger partial charge in [0.25, 0.3) is 0 Å². The number of H-pyrrole nitrogens is 1. The molecule has 0 aliphatic carbocycles. The third-order valence-corrected chi connectivity index (χ3v) is 10.1. The van der Waals surface area contributed by atoms with Crippen LogP contribution in [-0.4, -0.2) is 88.7 Å². The predicted molar refractivity (Wildman–Crippen MR) is 159 cm³/mol. The van der Waals surface area contributed by atoms with Crippen LogP contribution in [0, 0.1) is 0 Å². The number of aromatic nitrogens is 3. The molecular formula is C27H31N7O4S2. The number of ether oxygens (including phenoxy) is 1. The van der Waals surface area contributed by atoms with Crippen LogP contribution >= 0.6 is 12.2 Å². The van der Waals surface area contributed by atoms with Crippen LogP contribution in [0.4, 0.5) is 11.5 Å². The van der Waals surface area contributed by atoms with Crippen LogP contribution in [0.1, 0.15) is 19.8 Å². The molecule has 1 unspecified atom stereocenters. The summed E-state index contributed by atoms with van der Waals surface area (Å²) >= 11 is 5.69. The summed E-state index contributed by atoms with van der Waals surface area (Å²) in [5, 5.41) is 15.8. The van der Waals surface area contributed by atoms with Crippen LogP contribution < -0.4 is 15.0 Å². The Hall–Kier alpha value is -3.68. The highest BCUT2D eigenvalue weighted by Gasteiger charge is 2.32. The van der Waals surface area contributed by atoms with Gasteiger partial charge in [-0.2, -0.15) is 4.31 Å². The van der Waals surface area contributed by atoms with E-state index < -0.39 is 10.0 Å². The smallest absolute Gasteiger partial charge is 0.243 e. The maximum Gasteiger partial charge on any atom is 0.243 e. The number of piperazine rings is 1. The number of hydrogen-bond acceptors (Lipinski definition) is 8. The average molecular weight is 582 g/mol. The topological polar surface area (TPSA) is 127 Å². The largest absolute Gasteiger partial charge is 0.504 e. The number of fused-ring (bicyclic) bond motifs is 3. The average Bonchev–Trinajstić information content (AvgIpc) is 3.56. The summed E-state index contributed by atoms with van der Waals surface area (Å²) in [4.78, 5) is 16.9. The number of aromatic hydroxyl groups is 1. The molecule has 2 aromatic carbocycles. The Morgan fingerprint density at radius 3 is 2.55 bits per heavy atom. The Balaban J connectivity index is 1.13. The molecule has 6 rings (SSSR count). The monoisotopic (exact) mass is 581 g/mol. The fraction of sp³-hybridized carbons (Fsp3) is 0.370. The molecular weight excluding hydrogens is 550 g/mol. The van der Waals surface area contributed by atoms with E-state index in [-0.39, 0.29) is 11.8 Å². The zero-order chi connectivity index (χ0) is 28.0. The van der Waals surface area contributed by atoms with Crippen LogP contribution in [0.25, 0.3) is 21.9 Å². The van der Waals surface area contributed by atoms with E-state index in [0.29, 0.717) is 54.1 Å². The van der Waals surface area contributed by atoms with Crippen molar-refractivity contribution in [2.24, 2.45) is 0 Å². The second kappa shape index (κ2) is 10.4. The molecule has 13 heteroatoms. The maximum absolute atomic E-state index is 13.0. The molecule has 4 heterocycles. The maximum atomic E-state index is 13.0. The molecule has 0 spiro atoms. The molecule has 4 aromatic rings. The van der Waals surface area contributed by atoms with Crippen LogP contribution in [0.15, 0.2) is 47.6 Å². The molecule has 0 amide bonds. The highest BCUT2D eigenvalue weighted by Crippen LogP contribution is 2.37. The van der Waals surface area contributed by atoms with Crippen LogP contribution in [-0.2, 0) is 10.0 Å². The van der Waals surface area contributed by atoms with Crippen molar-refractivity contribution in [3.05, 3.63) is 42.7 Å². The van der Waals surface area contributed by atoms with Gasteiger partial charge in [0.1, 0.15) is 17.8 Å². The van der Waals surface area contributed by atoms with Crippen molar-refractivity contribution in [3.8, 4) is 11.5 Å². The minimum Gasteiger partial charge on any atom is -0.504 e. The number of rotatable bonds is 5. The predicted octanol–water partition coefficient (Wildman–Crippen LogP) is 3.52. The number of hydrogen-bond donors (Lipinski definition) is 3. The Morgan fingerprint density at radius 1 is 1.12 bits per heavy atom. The van der Waals surface area contributed by atoms with E-state index in [1.54, 1.807) is 40.7 Å². The van der Waals surface area contributed by atoms with Crippen molar-refractivity contribution in [2.75, 3.05) is 50.1 Å². The molecule has 2 fully saturated rings. The van der Waals surface area contributed by atoms with Crippen molar-refractivity contribution in [1.29, 1.82) is 0 Å². The summed E-state index contributed by atoms with van der Waals surface area (Å²) in [7, 11) is -1.97. The molecule has 2 aliphatic rings. The lowest BCUT2D eigenvalue weighted by atomic mass is 10.1. The molecule has 40 heavy (non-hydrogen) atoms. The van der Waals surface area contributed by atoms with E-state index in [4.69, 9.17) is 17.0 Å². The first-order valence-corrected chi connectivity index (χ1v) is 15.1. The summed E-state index contributed by atoms with van der Waals surface area (Å²) < 4.78 is 32.9. The number of aromatic amines is 1. The summed E-state index contributed by atoms with van der Waals surface area (Å²) in [5.74, 6) is 1.26. The molecule has 2 aromatic heterocycles. The standard InChI is InChI=1S/C27H31N7O4S2/c1-17-4-3-9-34(17)40(36,37)19-7-5-18(6-8-19)30-27(39)33-12-10-32(11-13-33)26-24-20-14-23(38-2)22(35)15-21(20)31-25(24)28-16-29-26/h5-8,14-17,35H,3-4,9-13H2,1-2H3,(H,30,39)(H,28,29,31). The summed E-state index contributed by atoms with van der Waals surface area (Å²) in [5.41, 5.74) is 2.19. The number of anilines is 2. The lowest BCUT2D eigenvalue weighted by molar-refractivity contribution is 0.374.